The second-order valence-corrected chi connectivity index (χ2v) is 8.09. The molecule has 0 aromatic heterocycles. The van der Waals surface area contributed by atoms with Crippen LogP contribution in [0.4, 0.5) is 0 Å². The number of carbonyl (C=O) groups is 1. The molecule has 7 nitrogen and oxygen atoms in total. The zero-order chi connectivity index (χ0) is 23.5. The molecule has 1 atom stereocenters. The van der Waals surface area contributed by atoms with Crippen LogP contribution in [0.5, 0.6) is 17.2 Å². The highest BCUT2D eigenvalue weighted by Gasteiger charge is 2.30. The summed E-state index contributed by atoms with van der Waals surface area (Å²) in [7, 11) is 4.78. The maximum atomic E-state index is 12.8. The van der Waals surface area contributed by atoms with Crippen molar-refractivity contribution in [1.82, 2.24) is 4.90 Å². The largest absolute Gasteiger partial charge is 0.493 e. The lowest BCUT2D eigenvalue weighted by atomic mass is 10.0. The first-order chi connectivity index (χ1) is 16.2. The molecule has 0 bridgehead atoms. The van der Waals surface area contributed by atoms with Gasteiger partial charge in [0.25, 0.3) is 0 Å². The Bertz CT molecular complexity index is 847. The standard InChI is InChI=1S/C26H35NO6/c1-29-23-16-21(17-24(30-2)25(23)31-3)12-9-15-33-26(28)22-13-7-8-14-27(22)19-32-18-20-10-5-4-6-11-20/h4-6,10-11,16-17,22H,7-9,12-15,18-19H2,1-3H3/t22-/m0/s1. The van der Waals surface area contributed by atoms with E-state index >= 15 is 0 Å². The predicted molar refractivity (Wildman–Crippen MR) is 126 cm³/mol. The maximum Gasteiger partial charge on any atom is 0.323 e. The first kappa shape index (κ1) is 24.9. The van der Waals surface area contributed by atoms with E-state index in [1.165, 1.54) is 0 Å². The van der Waals surface area contributed by atoms with Crippen LogP contribution >= 0.6 is 0 Å². The van der Waals surface area contributed by atoms with Gasteiger partial charge in [-0.25, -0.2) is 0 Å². The van der Waals surface area contributed by atoms with Gasteiger partial charge in [-0.1, -0.05) is 36.8 Å². The summed E-state index contributed by atoms with van der Waals surface area (Å²) in [6.07, 6.45) is 4.35. The molecule has 180 valence electrons. The number of ether oxygens (including phenoxy) is 5. The normalized spacial score (nSPS) is 16.3. The van der Waals surface area contributed by atoms with Gasteiger partial charge in [0.1, 0.15) is 12.8 Å². The second kappa shape index (κ2) is 13.1. The highest BCUT2D eigenvalue weighted by molar-refractivity contribution is 5.75. The number of hydrogen-bond donors (Lipinski definition) is 0. The Kier molecular flexibility index (Phi) is 9.84. The Labute approximate surface area is 196 Å². The maximum absolute atomic E-state index is 12.8. The molecular weight excluding hydrogens is 422 g/mol. The van der Waals surface area contributed by atoms with E-state index in [0.29, 0.717) is 43.6 Å². The van der Waals surface area contributed by atoms with Gasteiger partial charge in [0.15, 0.2) is 11.5 Å². The average molecular weight is 458 g/mol. The lowest BCUT2D eigenvalue weighted by Crippen LogP contribution is -2.46. The molecule has 0 unspecified atom stereocenters. The van der Waals surface area contributed by atoms with Crippen LogP contribution in [0.3, 0.4) is 0 Å². The summed E-state index contributed by atoms with van der Waals surface area (Å²) in [6.45, 7) is 2.18. The van der Waals surface area contributed by atoms with E-state index in [-0.39, 0.29) is 12.0 Å². The zero-order valence-electron chi connectivity index (χ0n) is 19.9. The van der Waals surface area contributed by atoms with Crippen LogP contribution < -0.4 is 14.2 Å². The van der Waals surface area contributed by atoms with Gasteiger partial charge < -0.3 is 23.7 Å². The highest BCUT2D eigenvalue weighted by Crippen LogP contribution is 2.38. The van der Waals surface area contributed by atoms with Gasteiger partial charge in [-0.05, 0) is 48.9 Å². The van der Waals surface area contributed by atoms with Gasteiger partial charge in [-0.2, -0.15) is 0 Å². The fraction of sp³-hybridized carbons (Fsp3) is 0.500. The minimum Gasteiger partial charge on any atom is -0.493 e. The molecular formula is C26H35NO6. The van der Waals surface area contributed by atoms with Gasteiger partial charge >= 0.3 is 5.97 Å². The van der Waals surface area contributed by atoms with E-state index in [2.05, 4.69) is 4.90 Å². The number of likely N-dealkylation sites (tertiary alicyclic amines) is 1. The number of benzene rings is 2. The average Bonchev–Trinajstić information content (AvgIpc) is 2.86. The molecule has 33 heavy (non-hydrogen) atoms. The Morgan fingerprint density at radius 3 is 2.36 bits per heavy atom. The number of hydrogen-bond acceptors (Lipinski definition) is 7. The molecule has 2 aromatic carbocycles. The second-order valence-electron chi connectivity index (χ2n) is 8.09. The van der Waals surface area contributed by atoms with E-state index < -0.39 is 0 Å². The van der Waals surface area contributed by atoms with Crippen molar-refractivity contribution in [2.24, 2.45) is 0 Å². The topological polar surface area (TPSA) is 66.5 Å². The number of carbonyl (C=O) groups excluding carboxylic acids is 1. The van der Waals surface area contributed by atoms with E-state index in [1.54, 1.807) is 21.3 Å². The van der Waals surface area contributed by atoms with Crippen molar-refractivity contribution >= 4 is 5.97 Å². The molecule has 1 aliphatic rings. The molecule has 1 fully saturated rings. The van der Waals surface area contributed by atoms with E-state index in [1.807, 2.05) is 42.5 Å². The minimum absolute atomic E-state index is 0.164. The Hall–Kier alpha value is -2.77. The van der Waals surface area contributed by atoms with Gasteiger partial charge in [-0.15, -0.1) is 0 Å². The number of rotatable bonds is 12. The van der Waals surface area contributed by atoms with Crippen LogP contribution in [0.2, 0.25) is 0 Å². The number of aryl methyl sites for hydroxylation is 1. The molecule has 0 aliphatic carbocycles. The SMILES string of the molecule is COc1cc(CCCOC(=O)[C@@H]2CCCCN2COCc2ccccc2)cc(OC)c1OC. The third-order valence-electron chi connectivity index (χ3n) is 5.83. The molecule has 0 spiro atoms. The Balaban J connectivity index is 1.46. The third-order valence-corrected chi connectivity index (χ3v) is 5.83. The number of esters is 1. The summed E-state index contributed by atoms with van der Waals surface area (Å²) < 4.78 is 27.7. The summed E-state index contributed by atoms with van der Waals surface area (Å²) in [5.74, 6) is 1.65. The van der Waals surface area contributed by atoms with Crippen LogP contribution in [-0.4, -0.2) is 58.1 Å². The lowest BCUT2D eigenvalue weighted by molar-refractivity contribution is -0.154. The number of methoxy groups -OCH3 is 3. The molecule has 1 aliphatic heterocycles. The summed E-state index contributed by atoms with van der Waals surface area (Å²) >= 11 is 0. The van der Waals surface area contributed by atoms with Crippen molar-refractivity contribution in [3.05, 3.63) is 53.6 Å². The summed E-state index contributed by atoms with van der Waals surface area (Å²) in [4.78, 5) is 14.9. The molecule has 0 radical (unpaired) electrons. The van der Waals surface area contributed by atoms with Crippen molar-refractivity contribution in [1.29, 1.82) is 0 Å². The van der Waals surface area contributed by atoms with Crippen molar-refractivity contribution < 1.29 is 28.5 Å². The summed E-state index contributed by atoms with van der Waals surface area (Å²) in [5, 5.41) is 0. The third kappa shape index (κ3) is 7.11. The molecule has 3 rings (SSSR count). The van der Waals surface area contributed by atoms with E-state index in [9.17, 15) is 4.79 Å². The van der Waals surface area contributed by atoms with Crippen LogP contribution in [0.1, 0.15) is 36.8 Å². The van der Waals surface area contributed by atoms with E-state index in [0.717, 1.165) is 43.4 Å². The van der Waals surface area contributed by atoms with Gasteiger partial charge in [0, 0.05) is 6.54 Å². The molecule has 7 heteroatoms. The highest BCUT2D eigenvalue weighted by atomic mass is 16.5. The monoisotopic (exact) mass is 457 g/mol. The molecule has 1 heterocycles. The summed E-state index contributed by atoms with van der Waals surface area (Å²) in [6, 6.07) is 13.7. The smallest absolute Gasteiger partial charge is 0.323 e. The predicted octanol–water partition coefficient (Wildman–Crippen LogP) is 4.22. The Morgan fingerprint density at radius 1 is 0.970 bits per heavy atom. The summed E-state index contributed by atoms with van der Waals surface area (Å²) in [5.41, 5.74) is 2.16. The fourth-order valence-electron chi connectivity index (χ4n) is 4.09. The molecule has 0 saturated carbocycles. The van der Waals surface area contributed by atoms with Gasteiger partial charge in [0.05, 0.1) is 34.5 Å². The first-order valence-corrected chi connectivity index (χ1v) is 11.5. The minimum atomic E-state index is -0.240. The van der Waals surface area contributed by atoms with Crippen molar-refractivity contribution in [3.63, 3.8) is 0 Å². The zero-order valence-corrected chi connectivity index (χ0v) is 19.9. The fourth-order valence-corrected chi connectivity index (χ4v) is 4.09. The number of nitrogens with zero attached hydrogens (tertiary/aromatic N) is 1. The molecule has 2 aromatic rings. The van der Waals surface area contributed by atoms with Crippen LogP contribution in [-0.2, 0) is 27.3 Å². The first-order valence-electron chi connectivity index (χ1n) is 11.5. The van der Waals surface area contributed by atoms with Crippen molar-refractivity contribution in [2.75, 3.05) is 41.2 Å². The van der Waals surface area contributed by atoms with E-state index in [4.69, 9.17) is 23.7 Å². The molecule has 0 N–H and O–H groups in total. The quantitative estimate of drug-likeness (QED) is 0.349. The van der Waals surface area contributed by atoms with Crippen LogP contribution in [0.15, 0.2) is 42.5 Å². The van der Waals surface area contributed by atoms with Crippen molar-refractivity contribution in [3.8, 4) is 17.2 Å². The van der Waals surface area contributed by atoms with Crippen molar-refractivity contribution in [2.45, 2.75) is 44.8 Å². The number of piperidine rings is 1. The molecule has 0 amide bonds. The lowest BCUT2D eigenvalue weighted by Gasteiger charge is -2.33. The van der Waals surface area contributed by atoms with Crippen LogP contribution in [0, 0.1) is 0 Å². The molecule has 1 saturated heterocycles. The van der Waals surface area contributed by atoms with Gasteiger partial charge in [0.2, 0.25) is 5.75 Å². The Morgan fingerprint density at radius 2 is 1.70 bits per heavy atom. The van der Waals surface area contributed by atoms with Crippen LogP contribution in [0.25, 0.3) is 0 Å². The van der Waals surface area contributed by atoms with Gasteiger partial charge in [-0.3, -0.25) is 9.69 Å².